The topological polar surface area (TPSA) is 78.4 Å². The van der Waals surface area contributed by atoms with Crippen LogP contribution in [0.25, 0.3) is 0 Å². The van der Waals surface area contributed by atoms with Crippen molar-refractivity contribution < 1.29 is 14.1 Å². The number of benzene rings is 2. The molecular formula is C14H12ClFN2O3. The molecule has 0 aliphatic rings. The third-order valence-corrected chi connectivity index (χ3v) is 3.09. The van der Waals surface area contributed by atoms with Crippen LogP contribution in [0.15, 0.2) is 36.4 Å². The van der Waals surface area contributed by atoms with Crippen LogP contribution in [-0.2, 0) is 13.2 Å². The zero-order valence-corrected chi connectivity index (χ0v) is 11.6. The molecular weight excluding hydrogens is 299 g/mol. The van der Waals surface area contributed by atoms with Crippen LogP contribution in [0.5, 0.6) is 5.75 Å². The van der Waals surface area contributed by atoms with Gasteiger partial charge in [0.25, 0.3) is 5.69 Å². The third-order valence-electron chi connectivity index (χ3n) is 2.85. The van der Waals surface area contributed by atoms with Crippen molar-refractivity contribution in [2.24, 2.45) is 5.73 Å². The molecule has 0 unspecified atom stereocenters. The first-order chi connectivity index (χ1) is 10.0. The van der Waals surface area contributed by atoms with Gasteiger partial charge in [-0.3, -0.25) is 10.1 Å². The first kappa shape index (κ1) is 15.2. The van der Waals surface area contributed by atoms with Crippen molar-refractivity contribution in [1.82, 2.24) is 0 Å². The van der Waals surface area contributed by atoms with Crippen LogP contribution in [0.3, 0.4) is 0 Å². The summed E-state index contributed by atoms with van der Waals surface area (Å²) in [5, 5.41) is 11.3. The molecule has 0 spiro atoms. The van der Waals surface area contributed by atoms with Gasteiger partial charge in [-0.1, -0.05) is 17.7 Å². The molecule has 0 saturated carbocycles. The quantitative estimate of drug-likeness (QED) is 0.678. The normalized spacial score (nSPS) is 10.4. The zero-order valence-electron chi connectivity index (χ0n) is 10.9. The van der Waals surface area contributed by atoms with Crippen molar-refractivity contribution in [3.8, 4) is 5.75 Å². The lowest BCUT2D eigenvalue weighted by molar-refractivity contribution is -0.385. The standard InChI is InChI=1S/C14H12ClFN2O3/c15-11-2-3-13(18(19)20)10(6-11)8-21-14-4-1-9(7-17)5-12(14)16/h1-6H,7-8,17H2. The molecule has 7 heteroatoms. The van der Waals surface area contributed by atoms with Gasteiger partial charge in [0.05, 0.1) is 10.5 Å². The molecule has 0 bridgehead atoms. The lowest BCUT2D eigenvalue weighted by Crippen LogP contribution is -2.03. The van der Waals surface area contributed by atoms with Gasteiger partial charge in [-0.2, -0.15) is 0 Å². The van der Waals surface area contributed by atoms with E-state index in [0.717, 1.165) is 0 Å². The molecule has 2 rings (SSSR count). The molecule has 2 aromatic carbocycles. The summed E-state index contributed by atoms with van der Waals surface area (Å²) in [5.41, 5.74) is 6.19. The number of halogens is 2. The first-order valence-electron chi connectivity index (χ1n) is 6.05. The fourth-order valence-electron chi connectivity index (χ4n) is 1.79. The maximum Gasteiger partial charge on any atom is 0.276 e. The Morgan fingerprint density at radius 3 is 2.67 bits per heavy atom. The molecule has 0 atom stereocenters. The smallest absolute Gasteiger partial charge is 0.276 e. The second-order valence-corrected chi connectivity index (χ2v) is 4.72. The minimum absolute atomic E-state index is 0.00136. The highest BCUT2D eigenvalue weighted by molar-refractivity contribution is 6.30. The summed E-state index contributed by atoms with van der Waals surface area (Å²) in [5.74, 6) is -0.566. The van der Waals surface area contributed by atoms with Crippen LogP contribution in [0.4, 0.5) is 10.1 Å². The van der Waals surface area contributed by atoms with Gasteiger partial charge in [0.2, 0.25) is 0 Å². The van der Waals surface area contributed by atoms with E-state index in [2.05, 4.69) is 0 Å². The maximum atomic E-state index is 13.7. The lowest BCUT2D eigenvalue weighted by Gasteiger charge is -2.09. The van der Waals surface area contributed by atoms with Gasteiger partial charge in [0.1, 0.15) is 6.61 Å². The minimum atomic E-state index is -0.567. The number of hydrogen-bond acceptors (Lipinski definition) is 4. The Labute approximate surface area is 125 Å². The van der Waals surface area contributed by atoms with Crippen molar-refractivity contribution in [3.05, 3.63) is 68.5 Å². The summed E-state index contributed by atoms with van der Waals surface area (Å²) in [7, 11) is 0. The number of nitro benzene ring substituents is 1. The minimum Gasteiger partial charge on any atom is -0.486 e. The number of nitrogens with two attached hydrogens (primary N) is 1. The highest BCUT2D eigenvalue weighted by Crippen LogP contribution is 2.25. The molecule has 2 N–H and O–H groups in total. The predicted octanol–water partition coefficient (Wildman–Crippen LogP) is 3.43. The fourth-order valence-corrected chi connectivity index (χ4v) is 1.99. The number of hydrogen-bond donors (Lipinski definition) is 1. The van der Waals surface area contributed by atoms with Crippen molar-refractivity contribution in [2.45, 2.75) is 13.2 Å². The number of ether oxygens (including phenoxy) is 1. The highest BCUT2D eigenvalue weighted by atomic mass is 35.5. The van der Waals surface area contributed by atoms with E-state index in [1.807, 2.05) is 0 Å². The van der Waals surface area contributed by atoms with Crippen LogP contribution in [0, 0.1) is 15.9 Å². The summed E-state index contributed by atoms with van der Waals surface area (Å²) in [6.07, 6.45) is 0. The van der Waals surface area contributed by atoms with Gasteiger partial charge >= 0.3 is 0 Å². The second-order valence-electron chi connectivity index (χ2n) is 4.29. The predicted molar refractivity (Wildman–Crippen MR) is 76.7 cm³/mol. The number of nitrogens with zero attached hydrogens (tertiary/aromatic N) is 1. The Bertz CT molecular complexity index is 679. The largest absolute Gasteiger partial charge is 0.486 e. The molecule has 0 aromatic heterocycles. The van der Waals surface area contributed by atoms with E-state index in [1.165, 1.54) is 30.3 Å². The van der Waals surface area contributed by atoms with Crippen molar-refractivity contribution in [3.63, 3.8) is 0 Å². The first-order valence-corrected chi connectivity index (χ1v) is 6.43. The monoisotopic (exact) mass is 310 g/mol. The molecule has 0 radical (unpaired) electrons. The van der Waals surface area contributed by atoms with E-state index in [1.54, 1.807) is 6.07 Å². The van der Waals surface area contributed by atoms with Crippen LogP contribution < -0.4 is 10.5 Å². The van der Waals surface area contributed by atoms with E-state index in [0.29, 0.717) is 10.6 Å². The van der Waals surface area contributed by atoms with E-state index in [4.69, 9.17) is 22.1 Å². The van der Waals surface area contributed by atoms with Crippen molar-refractivity contribution in [2.75, 3.05) is 0 Å². The van der Waals surface area contributed by atoms with E-state index in [-0.39, 0.29) is 30.2 Å². The Morgan fingerprint density at radius 2 is 2.05 bits per heavy atom. The second kappa shape index (κ2) is 6.51. The van der Waals surface area contributed by atoms with Crippen LogP contribution in [-0.4, -0.2) is 4.92 Å². The Morgan fingerprint density at radius 1 is 1.29 bits per heavy atom. The number of rotatable bonds is 5. The highest BCUT2D eigenvalue weighted by Gasteiger charge is 2.15. The zero-order chi connectivity index (χ0) is 15.4. The van der Waals surface area contributed by atoms with Gasteiger partial charge in [-0.05, 0) is 29.8 Å². The summed E-state index contributed by atoms with van der Waals surface area (Å²) >= 11 is 5.81. The van der Waals surface area contributed by atoms with Gasteiger partial charge in [0.15, 0.2) is 11.6 Å². The van der Waals surface area contributed by atoms with Crippen LogP contribution >= 0.6 is 11.6 Å². The molecule has 110 valence electrons. The molecule has 0 aliphatic carbocycles. The Hall–Kier alpha value is -2.18. The van der Waals surface area contributed by atoms with E-state index in [9.17, 15) is 14.5 Å². The van der Waals surface area contributed by atoms with Crippen molar-refractivity contribution in [1.29, 1.82) is 0 Å². The average Bonchev–Trinajstić information content (AvgIpc) is 2.45. The molecule has 0 saturated heterocycles. The maximum absolute atomic E-state index is 13.7. The molecule has 0 aliphatic heterocycles. The molecule has 5 nitrogen and oxygen atoms in total. The van der Waals surface area contributed by atoms with Crippen LogP contribution in [0.1, 0.15) is 11.1 Å². The van der Waals surface area contributed by atoms with Gasteiger partial charge in [-0.25, -0.2) is 4.39 Å². The van der Waals surface area contributed by atoms with E-state index < -0.39 is 10.7 Å². The average molecular weight is 311 g/mol. The lowest BCUT2D eigenvalue weighted by atomic mass is 10.2. The Kier molecular flexibility index (Phi) is 4.72. The number of nitro groups is 1. The molecule has 21 heavy (non-hydrogen) atoms. The summed E-state index contributed by atoms with van der Waals surface area (Å²) in [6.45, 7) is 0.0622. The van der Waals surface area contributed by atoms with Gasteiger partial charge in [0, 0.05) is 17.6 Å². The molecule has 0 amide bonds. The molecule has 0 fully saturated rings. The third kappa shape index (κ3) is 3.68. The van der Waals surface area contributed by atoms with Gasteiger partial charge < -0.3 is 10.5 Å². The van der Waals surface area contributed by atoms with Gasteiger partial charge in [-0.15, -0.1) is 0 Å². The molecule has 0 heterocycles. The summed E-state index contributed by atoms with van der Waals surface area (Å²) in [6, 6.07) is 8.46. The van der Waals surface area contributed by atoms with Crippen LogP contribution in [0.2, 0.25) is 5.02 Å². The van der Waals surface area contributed by atoms with E-state index >= 15 is 0 Å². The summed E-state index contributed by atoms with van der Waals surface area (Å²) in [4.78, 5) is 10.4. The van der Waals surface area contributed by atoms with Crippen molar-refractivity contribution >= 4 is 17.3 Å². The summed E-state index contributed by atoms with van der Waals surface area (Å²) < 4.78 is 19.0. The fraction of sp³-hybridized carbons (Fsp3) is 0.143. The molecule has 2 aromatic rings. The SMILES string of the molecule is NCc1ccc(OCc2cc(Cl)ccc2[N+](=O)[O-])c(F)c1. The Balaban J connectivity index is 2.20.